The summed E-state index contributed by atoms with van der Waals surface area (Å²) in [6.45, 7) is 4.14. The zero-order chi connectivity index (χ0) is 13.7. The fourth-order valence-electron chi connectivity index (χ4n) is 2.60. The number of hydrogen-bond acceptors (Lipinski definition) is 3. The molecule has 2 unspecified atom stereocenters. The number of halogens is 1. The third kappa shape index (κ3) is 4.39. The van der Waals surface area contributed by atoms with Crippen molar-refractivity contribution in [2.24, 2.45) is 5.92 Å². The van der Waals surface area contributed by atoms with Crippen LogP contribution in [0.4, 0.5) is 0 Å². The Morgan fingerprint density at radius 2 is 2.25 bits per heavy atom. The predicted octanol–water partition coefficient (Wildman–Crippen LogP) is 2.50. The molecule has 4 nitrogen and oxygen atoms in total. The third-order valence-corrected chi connectivity index (χ3v) is 3.62. The molecule has 5 heteroatoms. The summed E-state index contributed by atoms with van der Waals surface area (Å²) < 4.78 is 6.08. The van der Waals surface area contributed by atoms with Crippen LogP contribution in [0.1, 0.15) is 25.3 Å². The van der Waals surface area contributed by atoms with E-state index in [4.69, 9.17) is 9.84 Å². The second-order valence-corrected chi connectivity index (χ2v) is 5.00. The molecule has 0 aromatic heterocycles. The van der Waals surface area contributed by atoms with Gasteiger partial charge in [0.2, 0.25) is 0 Å². The maximum Gasteiger partial charge on any atom is 0.307 e. The number of nitrogens with one attached hydrogen (secondary N) is 1. The van der Waals surface area contributed by atoms with Crippen LogP contribution in [0, 0.1) is 5.92 Å². The fourth-order valence-corrected chi connectivity index (χ4v) is 2.60. The molecule has 20 heavy (non-hydrogen) atoms. The molecule has 0 saturated carbocycles. The van der Waals surface area contributed by atoms with Crippen LogP contribution in [0.5, 0.6) is 5.75 Å². The zero-order valence-electron chi connectivity index (χ0n) is 11.7. The first kappa shape index (κ1) is 16.8. The Bertz CT molecular complexity index is 433. The van der Waals surface area contributed by atoms with Gasteiger partial charge in [0.15, 0.2) is 0 Å². The Morgan fingerprint density at radius 3 is 2.85 bits per heavy atom. The van der Waals surface area contributed by atoms with E-state index in [1.807, 2.05) is 24.3 Å². The Morgan fingerprint density at radius 1 is 1.50 bits per heavy atom. The number of carboxylic acids is 1. The van der Waals surface area contributed by atoms with Crippen molar-refractivity contribution < 1.29 is 14.6 Å². The van der Waals surface area contributed by atoms with Gasteiger partial charge in [0.1, 0.15) is 11.9 Å². The SMILES string of the molecule is CCC(Oc1ccccc1CC(=O)O)C1CCNC1.Cl. The quantitative estimate of drug-likeness (QED) is 0.847. The molecule has 1 aliphatic rings. The average Bonchev–Trinajstić information content (AvgIpc) is 2.91. The van der Waals surface area contributed by atoms with E-state index in [9.17, 15) is 4.79 Å². The van der Waals surface area contributed by atoms with Gasteiger partial charge in [0.25, 0.3) is 0 Å². The Balaban J connectivity index is 0.00000200. The molecule has 0 aliphatic carbocycles. The van der Waals surface area contributed by atoms with Crippen LogP contribution in [0.3, 0.4) is 0 Å². The molecule has 0 bridgehead atoms. The highest BCUT2D eigenvalue weighted by Crippen LogP contribution is 2.25. The van der Waals surface area contributed by atoms with Gasteiger partial charge >= 0.3 is 5.97 Å². The molecule has 1 heterocycles. The average molecular weight is 300 g/mol. The lowest BCUT2D eigenvalue weighted by atomic mass is 9.99. The van der Waals surface area contributed by atoms with Crippen LogP contribution in [0.2, 0.25) is 0 Å². The standard InChI is InChI=1S/C15H21NO3.ClH/c1-2-13(12-7-8-16-10-12)19-14-6-4-3-5-11(14)9-15(17)18;/h3-6,12-13,16H,2,7-10H2,1H3,(H,17,18);1H. The molecule has 0 amide bonds. The molecule has 1 fully saturated rings. The zero-order valence-corrected chi connectivity index (χ0v) is 12.5. The van der Waals surface area contributed by atoms with Crippen molar-refractivity contribution in [3.63, 3.8) is 0 Å². The first-order valence-corrected chi connectivity index (χ1v) is 6.87. The summed E-state index contributed by atoms with van der Waals surface area (Å²) in [5.41, 5.74) is 0.749. The van der Waals surface area contributed by atoms with E-state index in [0.717, 1.165) is 31.5 Å². The van der Waals surface area contributed by atoms with Crippen molar-refractivity contribution in [3.05, 3.63) is 29.8 Å². The first-order valence-electron chi connectivity index (χ1n) is 6.87. The number of aliphatic carboxylic acids is 1. The maximum absolute atomic E-state index is 10.9. The number of hydrogen-bond donors (Lipinski definition) is 2. The summed E-state index contributed by atoms with van der Waals surface area (Å²) in [7, 11) is 0. The lowest BCUT2D eigenvalue weighted by Crippen LogP contribution is -2.28. The van der Waals surface area contributed by atoms with Crippen molar-refractivity contribution in [2.75, 3.05) is 13.1 Å². The molecule has 1 saturated heterocycles. The number of carboxylic acid groups (broad SMARTS) is 1. The number of benzene rings is 1. The minimum Gasteiger partial charge on any atom is -0.490 e. The summed E-state index contributed by atoms with van der Waals surface area (Å²) in [4.78, 5) is 10.9. The molecule has 1 aromatic carbocycles. The number of para-hydroxylation sites is 1. The van der Waals surface area contributed by atoms with Gasteiger partial charge in [-0.2, -0.15) is 0 Å². The molecular weight excluding hydrogens is 278 g/mol. The molecule has 2 rings (SSSR count). The van der Waals surface area contributed by atoms with Gasteiger partial charge in [-0.05, 0) is 25.5 Å². The maximum atomic E-state index is 10.9. The molecule has 0 radical (unpaired) electrons. The van der Waals surface area contributed by atoms with E-state index in [1.54, 1.807) is 0 Å². The lowest BCUT2D eigenvalue weighted by molar-refractivity contribution is -0.136. The third-order valence-electron chi connectivity index (χ3n) is 3.62. The summed E-state index contributed by atoms with van der Waals surface area (Å²) in [5.74, 6) is 0.401. The van der Waals surface area contributed by atoms with E-state index in [2.05, 4.69) is 12.2 Å². The van der Waals surface area contributed by atoms with Crippen molar-refractivity contribution >= 4 is 18.4 Å². The summed E-state index contributed by atoms with van der Waals surface area (Å²) in [6.07, 6.45) is 2.23. The summed E-state index contributed by atoms with van der Waals surface area (Å²) in [5, 5.41) is 12.3. The summed E-state index contributed by atoms with van der Waals surface area (Å²) >= 11 is 0. The second kappa shape index (κ2) is 8.12. The first-order chi connectivity index (χ1) is 9.20. The monoisotopic (exact) mass is 299 g/mol. The molecule has 112 valence electrons. The highest BCUT2D eigenvalue weighted by Gasteiger charge is 2.25. The minimum absolute atomic E-state index is 0. The predicted molar refractivity (Wildman–Crippen MR) is 80.7 cm³/mol. The lowest BCUT2D eigenvalue weighted by Gasteiger charge is -2.24. The highest BCUT2D eigenvalue weighted by atomic mass is 35.5. The van der Waals surface area contributed by atoms with Crippen LogP contribution < -0.4 is 10.1 Å². The number of rotatable bonds is 6. The van der Waals surface area contributed by atoms with Crippen LogP contribution >= 0.6 is 12.4 Å². The second-order valence-electron chi connectivity index (χ2n) is 5.00. The van der Waals surface area contributed by atoms with Crippen LogP contribution in [-0.2, 0) is 11.2 Å². The van der Waals surface area contributed by atoms with Gasteiger partial charge in [-0.15, -0.1) is 12.4 Å². The topological polar surface area (TPSA) is 58.6 Å². The molecule has 0 spiro atoms. The van der Waals surface area contributed by atoms with Gasteiger partial charge in [-0.3, -0.25) is 4.79 Å². The highest BCUT2D eigenvalue weighted by molar-refractivity contribution is 5.85. The van der Waals surface area contributed by atoms with Gasteiger partial charge in [0, 0.05) is 18.0 Å². The number of carbonyl (C=O) groups is 1. The van der Waals surface area contributed by atoms with Crippen molar-refractivity contribution in [1.29, 1.82) is 0 Å². The van der Waals surface area contributed by atoms with Crippen molar-refractivity contribution in [2.45, 2.75) is 32.3 Å². The van der Waals surface area contributed by atoms with Crippen LogP contribution in [0.25, 0.3) is 0 Å². The molecular formula is C15H22ClNO3. The van der Waals surface area contributed by atoms with E-state index < -0.39 is 5.97 Å². The molecule has 1 aliphatic heterocycles. The Labute approximate surface area is 125 Å². The molecule has 1 aromatic rings. The van der Waals surface area contributed by atoms with Gasteiger partial charge in [-0.1, -0.05) is 25.1 Å². The Hall–Kier alpha value is -1.26. The van der Waals surface area contributed by atoms with Crippen LogP contribution in [-0.4, -0.2) is 30.3 Å². The normalized spacial score (nSPS) is 19.1. The van der Waals surface area contributed by atoms with E-state index in [1.165, 1.54) is 0 Å². The fraction of sp³-hybridized carbons (Fsp3) is 0.533. The number of ether oxygens (including phenoxy) is 1. The van der Waals surface area contributed by atoms with Crippen molar-refractivity contribution in [1.82, 2.24) is 5.32 Å². The largest absolute Gasteiger partial charge is 0.490 e. The smallest absolute Gasteiger partial charge is 0.307 e. The van der Waals surface area contributed by atoms with Gasteiger partial charge < -0.3 is 15.2 Å². The van der Waals surface area contributed by atoms with E-state index in [-0.39, 0.29) is 24.9 Å². The summed E-state index contributed by atoms with van der Waals surface area (Å²) in [6, 6.07) is 7.43. The van der Waals surface area contributed by atoms with Crippen molar-refractivity contribution in [3.8, 4) is 5.75 Å². The molecule has 2 N–H and O–H groups in total. The minimum atomic E-state index is -0.827. The Kier molecular flexibility index (Phi) is 6.82. The van der Waals surface area contributed by atoms with E-state index >= 15 is 0 Å². The van der Waals surface area contributed by atoms with Crippen LogP contribution in [0.15, 0.2) is 24.3 Å². The molecule has 2 atom stereocenters. The van der Waals surface area contributed by atoms with Gasteiger partial charge in [-0.25, -0.2) is 0 Å². The van der Waals surface area contributed by atoms with Gasteiger partial charge in [0.05, 0.1) is 6.42 Å². The van der Waals surface area contributed by atoms with E-state index in [0.29, 0.717) is 11.7 Å².